The van der Waals surface area contributed by atoms with Gasteiger partial charge < -0.3 is 5.73 Å². The second kappa shape index (κ2) is 4.97. The molecule has 1 aliphatic rings. The highest BCUT2D eigenvalue weighted by atomic mass is 79.9. The van der Waals surface area contributed by atoms with Crippen LogP contribution in [0.3, 0.4) is 0 Å². The Kier molecular flexibility index (Phi) is 3.94. The van der Waals surface area contributed by atoms with E-state index in [0.29, 0.717) is 33.6 Å². The Balaban J connectivity index is 2.10. The van der Waals surface area contributed by atoms with Crippen molar-refractivity contribution in [1.29, 1.82) is 0 Å². The number of hydrogen-bond acceptors (Lipinski definition) is 4. The van der Waals surface area contributed by atoms with Gasteiger partial charge in [0.25, 0.3) is 0 Å². The van der Waals surface area contributed by atoms with Gasteiger partial charge in [0.05, 0.1) is 3.79 Å². The number of thiophene rings is 1. The summed E-state index contributed by atoms with van der Waals surface area (Å²) in [4.78, 5) is 1.16. The van der Waals surface area contributed by atoms with Gasteiger partial charge in [-0.05, 0) is 40.3 Å². The number of nitrogens with two attached hydrogens (primary N) is 1. The Labute approximate surface area is 114 Å². The molecule has 1 saturated carbocycles. The van der Waals surface area contributed by atoms with Crippen molar-refractivity contribution in [2.75, 3.05) is 6.54 Å². The maximum absolute atomic E-state index is 12.0. The zero-order chi connectivity index (χ0) is 12.6. The summed E-state index contributed by atoms with van der Waals surface area (Å²) in [5.41, 5.74) is 5.50. The fraction of sp³-hybridized carbons (Fsp3) is 0.600. The first-order chi connectivity index (χ1) is 7.94. The van der Waals surface area contributed by atoms with Crippen molar-refractivity contribution in [3.05, 3.63) is 14.7 Å². The molecule has 96 valence electrons. The van der Waals surface area contributed by atoms with Crippen molar-refractivity contribution in [3.8, 4) is 0 Å². The molecule has 3 N–H and O–H groups in total. The molecule has 1 aromatic rings. The van der Waals surface area contributed by atoms with E-state index in [2.05, 4.69) is 27.6 Å². The van der Waals surface area contributed by atoms with Crippen molar-refractivity contribution in [2.45, 2.75) is 24.8 Å². The molecular weight excluding hydrogens is 324 g/mol. The lowest BCUT2D eigenvalue weighted by Gasteiger charge is -2.04. The lowest BCUT2D eigenvalue weighted by molar-refractivity contribution is 0.574. The number of nitrogens with one attached hydrogen (secondary N) is 1. The first-order valence-corrected chi connectivity index (χ1v) is 8.51. The van der Waals surface area contributed by atoms with Gasteiger partial charge in [0.2, 0.25) is 10.0 Å². The molecule has 1 fully saturated rings. The van der Waals surface area contributed by atoms with Crippen molar-refractivity contribution in [3.63, 3.8) is 0 Å². The zero-order valence-electron chi connectivity index (χ0n) is 9.44. The summed E-state index contributed by atoms with van der Waals surface area (Å²) < 4.78 is 27.4. The average Bonchev–Trinajstić information content (AvgIpc) is 2.82. The lowest BCUT2D eigenvalue weighted by atomic mass is 10.3. The van der Waals surface area contributed by atoms with Gasteiger partial charge in [-0.25, -0.2) is 13.1 Å². The van der Waals surface area contributed by atoms with Crippen molar-refractivity contribution < 1.29 is 8.42 Å². The summed E-state index contributed by atoms with van der Waals surface area (Å²) in [5, 5.41) is 0. The van der Waals surface area contributed by atoms with Crippen molar-refractivity contribution in [1.82, 2.24) is 4.72 Å². The van der Waals surface area contributed by atoms with Crippen molar-refractivity contribution >= 4 is 37.3 Å². The van der Waals surface area contributed by atoms with E-state index in [1.807, 2.05) is 0 Å². The van der Waals surface area contributed by atoms with E-state index < -0.39 is 10.0 Å². The van der Waals surface area contributed by atoms with Crippen LogP contribution in [0, 0.1) is 11.8 Å². The van der Waals surface area contributed by atoms with Crippen LogP contribution >= 0.6 is 27.3 Å². The third kappa shape index (κ3) is 3.08. The highest BCUT2D eigenvalue weighted by molar-refractivity contribution is 9.11. The van der Waals surface area contributed by atoms with Gasteiger partial charge in [0.15, 0.2) is 0 Å². The van der Waals surface area contributed by atoms with E-state index in [4.69, 9.17) is 5.73 Å². The van der Waals surface area contributed by atoms with Crippen LogP contribution in [0.5, 0.6) is 0 Å². The van der Waals surface area contributed by atoms with Crippen molar-refractivity contribution in [2.24, 2.45) is 17.6 Å². The van der Waals surface area contributed by atoms with Gasteiger partial charge in [-0.1, -0.05) is 6.92 Å². The quantitative estimate of drug-likeness (QED) is 0.861. The number of halogens is 1. The molecule has 0 bridgehead atoms. The standard InChI is InChI=1S/C10H15BrN2O2S2/c1-6-2-7(6)5-13-17(14,15)9-3-8(4-12)16-10(9)11/h3,6-7,13H,2,4-5,12H2,1H3. The fourth-order valence-corrected chi connectivity index (χ4v) is 5.31. The Bertz CT molecular complexity index is 512. The molecule has 1 aliphatic carbocycles. The third-order valence-electron chi connectivity index (χ3n) is 3.01. The molecule has 0 radical (unpaired) electrons. The molecule has 0 aliphatic heterocycles. The first-order valence-electron chi connectivity index (χ1n) is 5.42. The van der Waals surface area contributed by atoms with E-state index in [-0.39, 0.29) is 0 Å². The lowest BCUT2D eigenvalue weighted by Crippen LogP contribution is -2.26. The summed E-state index contributed by atoms with van der Waals surface area (Å²) in [6, 6.07) is 1.63. The molecule has 0 spiro atoms. The molecule has 2 unspecified atom stereocenters. The second-order valence-electron chi connectivity index (χ2n) is 4.38. The maximum Gasteiger partial charge on any atom is 0.242 e. The average molecular weight is 339 g/mol. The SMILES string of the molecule is CC1CC1CNS(=O)(=O)c1cc(CN)sc1Br. The van der Waals surface area contributed by atoms with E-state index in [9.17, 15) is 8.42 Å². The molecule has 2 atom stereocenters. The predicted octanol–water partition coefficient (Wildman–Crippen LogP) is 1.90. The van der Waals surface area contributed by atoms with Crippen LogP contribution in [0.2, 0.25) is 0 Å². The van der Waals surface area contributed by atoms with E-state index in [1.165, 1.54) is 11.3 Å². The highest BCUT2D eigenvalue weighted by Crippen LogP contribution is 2.37. The topological polar surface area (TPSA) is 72.2 Å². The summed E-state index contributed by atoms with van der Waals surface area (Å²) in [5.74, 6) is 1.14. The Morgan fingerprint density at radius 1 is 1.65 bits per heavy atom. The normalized spacial score (nSPS) is 23.9. The number of sulfonamides is 1. The summed E-state index contributed by atoms with van der Waals surface area (Å²) >= 11 is 4.64. The van der Waals surface area contributed by atoms with E-state index in [0.717, 1.165) is 11.3 Å². The van der Waals surface area contributed by atoms with Gasteiger partial charge in [0, 0.05) is 18.0 Å². The summed E-state index contributed by atoms with van der Waals surface area (Å²) in [7, 11) is -3.40. The first kappa shape index (κ1) is 13.5. The van der Waals surface area contributed by atoms with Crippen LogP contribution < -0.4 is 10.5 Å². The molecule has 17 heavy (non-hydrogen) atoms. The zero-order valence-corrected chi connectivity index (χ0v) is 12.7. The smallest absolute Gasteiger partial charge is 0.242 e. The second-order valence-corrected chi connectivity index (χ2v) is 8.57. The van der Waals surface area contributed by atoms with Gasteiger partial charge in [0.1, 0.15) is 4.90 Å². The molecule has 1 heterocycles. The van der Waals surface area contributed by atoms with Crippen LogP contribution in [0.25, 0.3) is 0 Å². The molecule has 0 amide bonds. The van der Waals surface area contributed by atoms with E-state index >= 15 is 0 Å². The van der Waals surface area contributed by atoms with Crippen LogP contribution in [-0.4, -0.2) is 15.0 Å². The summed E-state index contributed by atoms with van der Waals surface area (Å²) in [6.07, 6.45) is 1.11. The monoisotopic (exact) mass is 338 g/mol. The highest BCUT2D eigenvalue weighted by Gasteiger charge is 2.33. The molecule has 0 aromatic carbocycles. The Morgan fingerprint density at radius 2 is 2.29 bits per heavy atom. The minimum absolute atomic E-state index is 0.302. The van der Waals surface area contributed by atoms with Gasteiger partial charge in [-0.15, -0.1) is 11.3 Å². The van der Waals surface area contributed by atoms with Gasteiger partial charge in [-0.2, -0.15) is 0 Å². The minimum atomic E-state index is -3.40. The Morgan fingerprint density at radius 3 is 2.76 bits per heavy atom. The molecule has 0 saturated heterocycles. The number of rotatable bonds is 5. The Hall–Kier alpha value is 0.0500. The molecule has 4 nitrogen and oxygen atoms in total. The molecule has 2 rings (SSSR count). The predicted molar refractivity (Wildman–Crippen MR) is 72.4 cm³/mol. The maximum atomic E-state index is 12.0. The number of hydrogen-bond donors (Lipinski definition) is 2. The van der Waals surface area contributed by atoms with E-state index in [1.54, 1.807) is 6.07 Å². The molecular formula is C10H15BrN2O2S2. The van der Waals surface area contributed by atoms with Crippen LogP contribution in [0.1, 0.15) is 18.2 Å². The van der Waals surface area contributed by atoms with Gasteiger partial charge in [-0.3, -0.25) is 0 Å². The van der Waals surface area contributed by atoms with Crippen LogP contribution in [-0.2, 0) is 16.6 Å². The third-order valence-corrected chi connectivity index (χ3v) is 6.71. The van der Waals surface area contributed by atoms with Crippen LogP contribution in [0.4, 0.5) is 0 Å². The fourth-order valence-electron chi connectivity index (χ4n) is 1.66. The van der Waals surface area contributed by atoms with Gasteiger partial charge >= 0.3 is 0 Å². The summed E-state index contributed by atoms with van der Waals surface area (Å²) in [6.45, 7) is 3.02. The minimum Gasteiger partial charge on any atom is -0.326 e. The molecule has 7 heteroatoms. The van der Waals surface area contributed by atoms with Crippen LogP contribution in [0.15, 0.2) is 14.7 Å². The largest absolute Gasteiger partial charge is 0.326 e. The molecule has 1 aromatic heterocycles.